The third-order valence-electron chi connectivity index (χ3n) is 3.94. The molecule has 3 N–H and O–H groups in total. The molecule has 144 valence electrons. The summed E-state index contributed by atoms with van der Waals surface area (Å²) >= 11 is 0. The third-order valence-corrected chi connectivity index (χ3v) is 3.94. The fraction of sp³-hybridized carbons (Fsp3) is 0.158. The number of benzene rings is 1. The van der Waals surface area contributed by atoms with E-state index in [0.717, 1.165) is 0 Å². The quantitative estimate of drug-likeness (QED) is 0.597. The van der Waals surface area contributed by atoms with Gasteiger partial charge in [0, 0.05) is 29.7 Å². The molecule has 1 atom stereocenters. The van der Waals surface area contributed by atoms with Crippen LogP contribution in [0.2, 0.25) is 0 Å². The van der Waals surface area contributed by atoms with Crippen molar-refractivity contribution < 1.29 is 24.0 Å². The number of aromatic nitrogens is 2. The van der Waals surface area contributed by atoms with Crippen molar-refractivity contribution in [3.8, 4) is 17.0 Å². The van der Waals surface area contributed by atoms with Crippen LogP contribution in [-0.4, -0.2) is 34.4 Å². The van der Waals surface area contributed by atoms with Crippen molar-refractivity contribution in [1.29, 1.82) is 0 Å². The Labute approximate surface area is 160 Å². The molecule has 0 saturated carbocycles. The highest BCUT2D eigenvalue weighted by Crippen LogP contribution is 2.28. The summed E-state index contributed by atoms with van der Waals surface area (Å²) in [6.45, 7) is 1.60. The molecule has 2 amide bonds. The molecule has 0 fully saturated rings. The highest BCUT2D eigenvalue weighted by atomic mass is 16.5. The normalized spacial score (nSPS) is 11.5. The second kappa shape index (κ2) is 8.21. The Morgan fingerprint density at radius 1 is 1.25 bits per heavy atom. The first-order valence-corrected chi connectivity index (χ1v) is 8.34. The van der Waals surface area contributed by atoms with Crippen molar-refractivity contribution in [3.63, 3.8) is 0 Å². The van der Waals surface area contributed by atoms with Gasteiger partial charge in [-0.1, -0.05) is 11.2 Å². The molecular formula is C19H18N4O5. The van der Waals surface area contributed by atoms with Gasteiger partial charge >= 0.3 is 12.0 Å². The second-order valence-corrected chi connectivity index (χ2v) is 5.87. The standard InChI is InChI=1S/C19H18N4O5/c1-11(21-19(26)22-13-6-3-7-14(9-13)27-2)17-15(18(24)25)16(23-28-17)12-5-4-8-20-10-12/h3-11H,1-2H3,(H,24,25)(H2,21,22,26). The average Bonchev–Trinajstić information content (AvgIpc) is 3.14. The van der Waals surface area contributed by atoms with Crippen molar-refractivity contribution in [3.05, 3.63) is 60.1 Å². The first-order valence-electron chi connectivity index (χ1n) is 8.34. The van der Waals surface area contributed by atoms with E-state index in [9.17, 15) is 14.7 Å². The van der Waals surface area contributed by atoms with Crippen LogP contribution in [0.3, 0.4) is 0 Å². The number of hydrogen-bond acceptors (Lipinski definition) is 6. The highest BCUT2D eigenvalue weighted by Gasteiger charge is 2.28. The van der Waals surface area contributed by atoms with Crippen LogP contribution < -0.4 is 15.4 Å². The zero-order valence-corrected chi connectivity index (χ0v) is 15.2. The van der Waals surface area contributed by atoms with Crippen molar-refractivity contribution in [2.45, 2.75) is 13.0 Å². The van der Waals surface area contributed by atoms with E-state index in [1.165, 1.54) is 13.3 Å². The Bertz CT molecular complexity index is 987. The monoisotopic (exact) mass is 382 g/mol. The predicted octanol–water partition coefficient (Wildman–Crippen LogP) is 3.33. The first-order chi connectivity index (χ1) is 13.5. The maximum atomic E-state index is 12.3. The Balaban J connectivity index is 1.78. The maximum absolute atomic E-state index is 12.3. The van der Waals surface area contributed by atoms with Gasteiger partial charge in [-0.2, -0.15) is 0 Å². The van der Waals surface area contributed by atoms with Gasteiger partial charge in [-0.15, -0.1) is 0 Å². The van der Waals surface area contributed by atoms with E-state index in [-0.39, 0.29) is 17.0 Å². The van der Waals surface area contributed by atoms with Crippen molar-refractivity contribution in [2.24, 2.45) is 0 Å². The van der Waals surface area contributed by atoms with E-state index in [2.05, 4.69) is 20.8 Å². The molecule has 0 aliphatic carbocycles. The SMILES string of the molecule is COc1cccc(NC(=O)NC(C)c2onc(-c3cccnc3)c2C(=O)O)c1. The number of methoxy groups -OCH3 is 1. The van der Waals surface area contributed by atoms with Crippen LogP contribution in [0, 0.1) is 0 Å². The van der Waals surface area contributed by atoms with Crippen LogP contribution in [0.25, 0.3) is 11.3 Å². The van der Waals surface area contributed by atoms with Crippen molar-refractivity contribution in [1.82, 2.24) is 15.5 Å². The zero-order valence-electron chi connectivity index (χ0n) is 15.2. The molecule has 3 aromatic rings. The zero-order chi connectivity index (χ0) is 20.1. The number of carboxylic acids is 1. The molecule has 0 bridgehead atoms. The molecule has 1 aromatic carbocycles. The molecule has 2 aromatic heterocycles. The van der Waals surface area contributed by atoms with Crippen molar-refractivity contribution >= 4 is 17.7 Å². The van der Waals surface area contributed by atoms with E-state index in [4.69, 9.17) is 9.26 Å². The van der Waals surface area contributed by atoms with Gasteiger partial charge < -0.3 is 25.0 Å². The summed E-state index contributed by atoms with van der Waals surface area (Å²) < 4.78 is 10.3. The van der Waals surface area contributed by atoms with E-state index < -0.39 is 18.0 Å². The minimum Gasteiger partial charge on any atom is -0.497 e. The minimum absolute atomic E-state index is 0.0344. The molecule has 9 nitrogen and oxygen atoms in total. The Morgan fingerprint density at radius 3 is 2.75 bits per heavy atom. The lowest BCUT2D eigenvalue weighted by atomic mass is 10.0. The smallest absolute Gasteiger partial charge is 0.341 e. The number of nitrogens with one attached hydrogen (secondary N) is 2. The number of hydrogen-bond donors (Lipinski definition) is 3. The van der Waals surface area contributed by atoms with Gasteiger partial charge in [0.05, 0.1) is 13.2 Å². The minimum atomic E-state index is -1.21. The number of anilines is 1. The van der Waals surface area contributed by atoms with Gasteiger partial charge in [0.2, 0.25) is 0 Å². The third kappa shape index (κ3) is 4.09. The summed E-state index contributed by atoms with van der Waals surface area (Å²) in [5.74, 6) is -0.584. The highest BCUT2D eigenvalue weighted by molar-refractivity contribution is 5.96. The molecule has 0 saturated heterocycles. The number of carbonyl (C=O) groups is 2. The Kier molecular flexibility index (Phi) is 5.54. The number of amides is 2. The number of ether oxygens (including phenoxy) is 1. The van der Waals surface area contributed by atoms with Crippen LogP contribution >= 0.6 is 0 Å². The van der Waals surface area contributed by atoms with E-state index in [1.54, 1.807) is 49.5 Å². The summed E-state index contributed by atoms with van der Waals surface area (Å²) in [4.78, 5) is 28.0. The van der Waals surface area contributed by atoms with Gasteiger partial charge in [0.1, 0.15) is 17.0 Å². The van der Waals surface area contributed by atoms with Crippen LogP contribution in [0.15, 0.2) is 53.3 Å². The van der Waals surface area contributed by atoms with Crippen molar-refractivity contribution in [2.75, 3.05) is 12.4 Å². The lowest BCUT2D eigenvalue weighted by Crippen LogP contribution is -2.31. The molecule has 0 spiro atoms. The maximum Gasteiger partial charge on any atom is 0.341 e. The van der Waals surface area contributed by atoms with Crippen LogP contribution in [0.5, 0.6) is 5.75 Å². The summed E-state index contributed by atoms with van der Waals surface area (Å²) in [5, 5.41) is 18.8. The number of nitrogens with zero attached hydrogens (tertiary/aromatic N) is 2. The van der Waals surface area contributed by atoms with Gasteiger partial charge in [0.25, 0.3) is 0 Å². The summed E-state index contributed by atoms with van der Waals surface area (Å²) in [6, 6.07) is 8.90. The number of urea groups is 1. The lowest BCUT2D eigenvalue weighted by Gasteiger charge is -2.13. The summed E-state index contributed by atoms with van der Waals surface area (Å²) in [5.41, 5.74) is 1.05. The number of carboxylic acid groups (broad SMARTS) is 1. The largest absolute Gasteiger partial charge is 0.497 e. The molecule has 0 radical (unpaired) electrons. The van der Waals surface area contributed by atoms with E-state index in [1.807, 2.05) is 0 Å². The Hall–Kier alpha value is -3.88. The average molecular weight is 382 g/mol. The number of carbonyl (C=O) groups excluding carboxylic acids is 1. The molecule has 0 aliphatic heterocycles. The van der Waals surface area contributed by atoms with Crippen LogP contribution in [0.4, 0.5) is 10.5 Å². The molecule has 28 heavy (non-hydrogen) atoms. The predicted molar refractivity (Wildman–Crippen MR) is 100 cm³/mol. The number of pyridine rings is 1. The molecule has 1 unspecified atom stereocenters. The van der Waals surface area contributed by atoms with Gasteiger partial charge in [-0.25, -0.2) is 9.59 Å². The topological polar surface area (TPSA) is 127 Å². The second-order valence-electron chi connectivity index (χ2n) is 5.87. The fourth-order valence-electron chi connectivity index (χ4n) is 2.64. The molecule has 2 heterocycles. The lowest BCUT2D eigenvalue weighted by molar-refractivity contribution is 0.0694. The van der Waals surface area contributed by atoms with Gasteiger partial charge in [-0.05, 0) is 31.2 Å². The molecule has 0 aliphatic rings. The first kappa shape index (κ1) is 18.9. The Morgan fingerprint density at radius 2 is 2.07 bits per heavy atom. The molecule has 3 rings (SSSR count). The summed E-state index contributed by atoms with van der Waals surface area (Å²) in [7, 11) is 1.53. The van der Waals surface area contributed by atoms with E-state index >= 15 is 0 Å². The van der Waals surface area contributed by atoms with Gasteiger partial charge in [-0.3, -0.25) is 4.98 Å². The number of aromatic carboxylic acids is 1. The fourth-order valence-corrected chi connectivity index (χ4v) is 2.64. The number of rotatable bonds is 6. The summed E-state index contributed by atoms with van der Waals surface area (Å²) in [6.07, 6.45) is 3.06. The molecule has 9 heteroatoms. The molecular weight excluding hydrogens is 364 g/mol. The van der Waals surface area contributed by atoms with Crippen LogP contribution in [-0.2, 0) is 0 Å². The van der Waals surface area contributed by atoms with Crippen LogP contribution in [0.1, 0.15) is 29.1 Å². The van der Waals surface area contributed by atoms with E-state index in [0.29, 0.717) is 17.0 Å². The van der Waals surface area contributed by atoms with Gasteiger partial charge in [0.15, 0.2) is 5.76 Å².